The Morgan fingerprint density at radius 3 is 2.10 bits per heavy atom. The van der Waals surface area contributed by atoms with Gasteiger partial charge in [-0.1, -0.05) is 44.2 Å². The number of carbonyl (C=O) groups excluding carboxylic acids is 4. The highest BCUT2D eigenvalue weighted by molar-refractivity contribution is 5.94. The molecule has 4 amide bonds. The average Bonchev–Trinajstić information content (AvgIpc) is 3.38. The van der Waals surface area contributed by atoms with E-state index in [1.807, 2.05) is 13.8 Å². The molecule has 0 aliphatic rings. The van der Waals surface area contributed by atoms with E-state index in [1.165, 1.54) is 12.5 Å². The number of nitrogens with one attached hydrogen (secondary N) is 4. The third-order valence-corrected chi connectivity index (χ3v) is 5.88. The maximum absolute atomic E-state index is 13.3. The molecule has 0 spiro atoms. The Balaban J connectivity index is 2.21. The standard InChI is InChI=1S/C26H37N7O6/c1-15(2)10-21(26(38)39)33-25(37)20(11-16-6-4-3-5-7-16)32-24(36)19(8-9-22(28)34)31-23(35)18(27)12-17-13-29-14-30-17/h3-7,13-15,18-21H,8-12,27H2,1-2H3,(H2,28,34)(H,29,30)(H,31,35)(H,32,36)(H,33,37)(H,38,39). The number of primary amides is 1. The summed E-state index contributed by atoms with van der Waals surface area (Å²) >= 11 is 0. The van der Waals surface area contributed by atoms with Gasteiger partial charge in [0, 0.05) is 31.2 Å². The smallest absolute Gasteiger partial charge is 0.326 e. The summed E-state index contributed by atoms with van der Waals surface area (Å²) in [6.07, 6.45) is 2.99. The van der Waals surface area contributed by atoms with Crippen LogP contribution < -0.4 is 27.4 Å². The molecular weight excluding hydrogens is 506 g/mol. The van der Waals surface area contributed by atoms with Gasteiger partial charge in [0.2, 0.25) is 23.6 Å². The molecule has 212 valence electrons. The normalized spacial score (nSPS) is 14.1. The predicted molar refractivity (Wildman–Crippen MR) is 142 cm³/mol. The van der Waals surface area contributed by atoms with Gasteiger partial charge in [-0.05, 0) is 24.3 Å². The minimum Gasteiger partial charge on any atom is -0.480 e. The summed E-state index contributed by atoms with van der Waals surface area (Å²) in [5.41, 5.74) is 12.6. The summed E-state index contributed by atoms with van der Waals surface area (Å²) < 4.78 is 0. The highest BCUT2D eigenvalue weighted by atomic mass is 16.4. The SMILES string of the molecule is CC(C)CC(NC(=O)C(Cc1ccccc1)NC(=O)C(CCC(N)=O)NC(=O)C(N)Cc1cnc[nH]1)C(=O)O. The summed E-state index contributed by atoms with van der Waals surface area (Å²) in [6.45, 7) is 3.66. The lowest BCUT2D eigenvalue weighted by Crippen LogP contribution is -2.58. The van der Waals surface area contributed by atoms with Crippen molar-refractivity contribution in [2.75, 3.05) is 0 Å². The lowest BCUT2D eigenvalue weighted by atomic mass is 10.0. The van der Waals surface area contributed by atoms with Gasteiger partial charge in [-0.15, -0.1) is 0 Å². The zero-order chi connectivity index (χ0) is 28.9. The Bertz CT molecular complexity index is 1110. The molecule has 0 saturated heterocycles. The third-order valence-electron chi connectivity index (χ3n) is 5.88. The van der Waals surface area contributed by atoms with E-state index in [4.69, 9.17) is 11.5 Å². The Morgan fingerprint density at radius 2 is 1.54 bits per heavy atom. The summed E-state index contributed by atoms with van der Waals surface area (Å²) in [5, 5.41) is 17.2. The molecular formula is C26H37N7O6. The molecule has 1 heterocycles. The van der Waals surface area contributed by atoms with Gasteiger partial charge < -0.3 is 37.5 Å². The molecule has 4 unspecified atom stereocenters. The highest BCUT2D eigenvalue weighted by Gasteiger charge is 2.31. The van der Waals surface area contributed by atoms with Crippen molar-refractivity contribution < 1.29 is 29.1 Å². The molecule has 9 N–H and O–H groups in total. The molecule has 0 bridgehead atoms. The molecule has 2 rings (SSSR count). The molecule has 2 aromatic rings. The molecule has 13 nitrogen and oxygen atoms in total. The first-order valence-corrected chi connectivity index (χ1v) is 12.6. The van der Waals surface area contributed by atoms with Crippen LogP contribution in [-0.4, -0.2) is 68.8 Å². The second kappa shape index (κ2) is 15.2. The number of imidazole rings is 1. The van der Waals surface area contributed by atoms with Crippen LogP contribution in [0.5, 0.6) is 0 Å². The summed E-state index contributed by atoms with van der Waals surface area (Å²) in [7, 11) is 0. The number of amides is 4. The molecule has 39 heavy (non-hydrogen) atoms. The molecule has 0 saturated carbocycles. The number of aromatic amines is 1. The number of rotatable bonds is 16. The molecule has 1 aromatic carbocycles. The zero-order valence-corrected chi connectivity index (χ0v) is 22.1. The molecule has 0 aliphatic carbocycles. The number of nitrogens with two attached hydrogens (primary N) is 2. The fraction of sp³-hybridized carbons (Fsp3) is 0.462. The van der Waals surface area contributed by atoms with Crippen LogP contribution >= 0.6 is 0 Å². The van der Waals surface area contributed by atoms with Crippen molar-refractivity contribution >= 4 is 29.6 Å². The first kappa shape index (κ1) is 31.0. The van der Waals surface area contributed by atoms with Crippen molar-refractivity contribution in [2.24, 2.45) is 17.4 Å². The van der Waals surface area contributed by atoms with E-state index >= 15 is 0 Å². The Hall–Kier alpha value is -4.26. The van der Waals surface area contributed by atoms with E-state index in [2.05, 4.69) is 25.9 Å². The number of carboxylic acid groups (broad SMARTS) is 1. The molecule has 0 fully saturated rings. The number of benzene rings is 1. The number of hydrogen-bond donors (Lipinski definition) is 7. The molecule has 1 aromatic heterocycles. The van der Waals surface area contributed by atoms with Crippen molar-refractivity contribution in [3.8, 4) is 0 Å². The van der Waals surface area contributed by atoms with Gasteiger partial charge in [0.15, 0.2) is 0 Å². The Kier molecular flexibility index (Phi) is 12.1. The van der Waals surface area contributed by atoms with Crippen LogP contribution in [0.15, 0.2) is 42.9 Å². The Labute approximate surface area is 226 Å². The number of carboxylic acids is 1. The predicted octanol–water partition coefficient (Wildman–Crippen LogP) is -0.627. The van der Waals surface area contributed by atoms with Gasteiger partial charge in [-0.2, -0.15) is 0 Å². The van der Waals surface area contributed by atoms with Gasteiger partial charge >= 0.3 is 5.97 Å². The van der Waals surface area contributed by atoms with Gasteiger partial charge in [0.05, 0.1) is 12.4 Å². The van der Waals surface area contributed by atoms with E-state index in [-0.39, 0.29) is 38.0 Å². The number of hydrogen-bond acceptors (Lipinski definition) is 7. The van der Waals surface area contributed by atoms with Crippen LogP contribution in [0, 0.1) is 5.92 Å². The monoisotopic (exact) mass is 543 g/mol. The molecule has 4 atom stereocenters. The largest absolute Gasteiger partial charge is 0.480 e. The lowest BCUT2D eigenvalue weighted by molar-refractivity contribution is -0.142. The molecule has 13 heteroatoms. The van der Waals surface area contributed by atoms with E-state index in [0.29, 0.717) is 11.3 Å². The van der Waals surface area contributed by atoms with Crippen molar-refractivity contribution in [1.29, 1.82) is 0 Å². The van der Waals surface area contributed by atoms with Crippen LogP contribution in [0.2, 0.25) is 0 Å². The number of nitrogens with zero attached hydrogens (tertiary/aromatic N) is 1. The highest BCUT2D eigenvalue weighted by Crippen LogP contribution is 2.09. The second-order valence-electron chi connectivity index (χ2n) is 9.73. The zero-order valence-electron chi connectivity index (χ0n) is 22.1. The molecule has 0 radical (unpaired) electrons. The molecule has 0 aliphatic heterocycles. The van der Waals surface area contributed by atoms with Crippen LogP contribution in [-0.2, 0) is 36.8 Å². The fourth-order valence-corrected chi connectivity index (χ4v) is 3.86. The van der Waals surface area contributed by atoms with E-state index in [9.17, 15) is 29.1 Å². The van der Waals surface area contributed by atoms with Gasteiger partial charge in [0.1, 0.15) is 18.1 Å². The summed E-state index contributed by atoms with van der Waals surface area (Å²) in [6, 6.07) is 4.27. The fourth-order valence-electron chi connectivity index (χ4n) is 3.86. The van der Waals surface area contributed by atoms with Crippen LogP contribution in [0.3, 0.4) is 0 Å². The lowest BCUT2D eigenvalue weighted by Gasteiger charge is -2.25. The maximum atomic E-state index is 13.3. The minimum atomic E-state index is -1.23. The van der Waals surface area contributed by atoms with Crippen molar-refractivity contribution in [1.82, 2.24) is 25.9 Å². The van der Waals surface area contributed by atoms with Gasteiger partial charge in [-0.3, -0.25) is 19.2 Å². The van der Waals surface area contributed by atoms with E-state index in [0.717, 1.165) is 0 Å². The second-order valence-corrected chi connectivity index (χ2v) is 9.73. The number of aliphatic carboxylic acids is 1. The summed E-state index contributed by atoms with van der Waals surface area (Å²) in [5.74, 6) is -3.98. The first-order chi connectivity index (χ1) is 18.5. The van der Waals surface area contributed by atoms with E-state index < -0.39 is 53.8 Å². The number of carbonyl (C=O) groups is 5. The summed E-state index contributed by atoms with van der Waals surface area (Å²) in [4.78, 5) is 69.1. The first-order valence-electron chi connectivity index (χ1n) is 12.6. The number of aromatic nitrogens is 2. The van der Waals surface area contributed by atoms with Crippen molar-refractivity contribution in [3.05, 3.63) is 54.1 Å². The van der Waals surface area contributed by atoms with Crippen molar-refractivity contribution in [3.63, 3.8) is 0 Å². The van der Waals surface area contributed by atoms with Crippen LogP contribution in [0.4, 0.5) is 0 Å². The third kappa shape index (κ3) is 10.9. The quantitative estimate of drug-likeness (QED) is 0.144. The maximum Gasteiger partial charge on any atom is 0.326 e. The number of H-pyrrole nitrogens is 1. The van der Waals surface area contributed by atoms with Gasteiger partial charge in [0.25, 0.3) is 0 Å². The topological polar surface area (TPSA) is 222 Å². The van der Waals surface area contributed by atoms with Crippen molar-refractivity contribution in [2.45, 2.75) is 70.1 Å². The van der Waals surface area contributed by atoms with E-state index in [1.54, 1.807) is 30.3 Å². The minimum absolute atomic E-state index is 0.00655. The van der Waals surface area contributed by atoms with Crippen LogP contribution in [0.1, 0.15) is 44.4 Å². The Morgan fingerprint density at radius 1 is 0.923 bits per heavy atom. The average molecular weight is 544 g/mol. The van der Waals surface area contributed by atoms with Gasteiger partial charge in [-0.25, -0.2) is 9.78 Å². The van der Waals surface area contributed by atoms with Crippen LogP contribution in [0.25, 0.3) is 0 Å².